The van der Waals surface area contributed by atoms with Crippen molar-refractivity contribution in [1.82, 2.24) is 0 Å². The zero-order valence-corrected chi connectivity index (χ0v) is 13.5. The van der Waals surface area contributed by atoms with Crippen molar-refractivity contribution < 1.29 is 10.2 Å². The lowest BCUT2D eigenvalue weighted by Gasteiger charge is -2.58. The predicted octanol–water partition coefficient (Wildman–Crippen LogP) is 3.67. The number of aliphatic hydroxyl groups excluding tert-OH is 2. The van der Waals surface area contributed by atoms with Crippen molar-refractivity contribution in [3.63, 3.8) is 0 Å². The zero-order valence-electron chi connectivity index (χ0n) is 13.5. The summed E-state index contributed by atoms with van der Waals surface area (Å²) in [5.41, 5.74) is 2.09. The molecule has 0 spiro atoms. The summed E-state index contributed by atoms with van der Waals surface area (Å²) >= 11 is 0. The first-order valence-corrected chi connectivity index (χ1v) is 9.01. The van der Waals surface area contributed by atoms with Crippen molar-refractivity contribution >= 4 is 0 Å². The van der Waals surface area contributed by atoms with Gasteiger partial charge in [0.05, 0.1) is 12.2 Å². The molecule has 4 aliphatic carbocycles. The third-order valence-corrected chi connectivity index (χ3v) is 7.88. The Hall–Kier alpha value is -0.340. The topological polar surface area (TPSA) is 40.5 Å². The van der Waals surface area contributed by atoms with Crippen LogP contribution in [0.5, 0.6) is 0 Å². The molecule has 2 heteroatoms. The second-order valence-electron chi connectivity index (χ2n) is 8.87. The molecule has 2 nitrogen and oxygen atoms in total. The van der Waals surface area contributed by atoms with E-state index in [1.807, 2.05) is 0 Å². The van der Waals surface area contributed by atoms with Gasteiger partial charge in [0.2, 0.25) is 0 Å². The lowest BCUT2D eigenvalue weighted by molar-refractivity contribution is -0.0825. The summed E-state index contributed by atoms with van der Waals surface area (Å²) in [7, 11) is 0. The van der Waals surface area contributed by atoms with Crippen molar-refractivity contribution in [2.45, 2.75) is 77.4 Å². The van der Waals surface area contributed by atoms with Crippen LogP contribution < -0.4 is 0 Å². The Kier molecular flexibility index (Phi) is 3.11. The van der Waals surface area contributed by atoms with Crippen molar-refractivity contribution in [3.05, 3.63) is 11.6 Å². The van der Waals surface area contributed by atoms with E-state index in [0.29, 0.717) is 23.2 Å². The molecule has 0 heterocycles. The van der Waals surface area contributed by atoms with Gasteiger partial charge in [-0.05, 0) is 73.5 Å². The summed E-state index contributed by atoms with van der Waals surface area (Å²) in [5.74, 6) is 1.82. The first-order valence-electron chi connectivity index (χ1n) is 9.01. The molecule has 4 rings (SSSR count). The fourth-order valence-electron chi connectivity index (χ4n) is 6.62. The van der Waals surface area contributed by atoms with Gasteiger partial charge in [-0.1, -0.05) is 31.9 Å². The summed E-state index contributed by atoms with van der Waals surface area (Å²) in [6, 6.07) is 0. The highest BCUT2D eigenvalue weighted by atomic mass is 16.3. The van der Waals surface area contributed by atoms with Gasteiger partial charge in [-0.2, -0.15) is 0 Å². The number of hydrogen-bond donors (Lipinski definition) is 2. The Balaban J connectivity index is 1.73. The minimum absolute atomic E-state index is 0.187. The monoisotopic (exact) mass is 290 g/mol. The van der Waals surface area contributed by atoms with E-state index in [0.717, 1.165) is 19.3 Å². The molecule has 0 aromatic heterocycles. The van der Waals surface area contributed by atoms with Crippen molar-refractivity contribution in [1.29, 1.82) is 0 Å². The van der Waals surface area contributed by atoms with Crippen LogP contribution >= 0.6 is 0 Å². The number of fused-ring (bicyclic) bond motifs is 5. The molecular weight excluding hydrogens is 260 g/mol. The fraction of sp³-hybridized carbons (Fsp3) is 0.895. The molecule has 21 heavy (non-hydrogen) atoms. The third kappa shape index (κ3) is 1.91. The molecule has 0 radical (unpaired) electrons. The van der Waals surface area contributed by atoms with E-state index < -0.39 is 0 Å². The summed E-state index contributed by atoms with van der Waals surface area (Å²) in [6.45, 7) is 4.89. The van der Waals surface area contributed by atoms with E-state index in [1.54, 1.807) is 0 Å². The van der Waals surface area contributed by atoms with Crippen molar-refractivity contribution in [2.75, 3.05) is 0 Å². The van der Waals surface area contributed by atoms with E-state index in [-0.39, 0.29) is 17.6 Å². The second-order valence-corrected chi connectivity index (χ2v) is 8.87. The molecule has 0 aromatic carbocycles. The van der Waals surface area contributed by atoms with Crippen molar-refractivity contribution in [3.8, 4) is 0 Å². The summed E-state index contributed by atoms with van der Waals surface area (Å²) in [6.07, 6.45) is 11.2. The van der Waals surface area contributed by atoms with Crippen LogP contribution in [0, 0.1) is 28.6 Å². The van der Waals surface area contributed by atoms with Gasteiger partial charge in [0.15, 0.2) is 0 Å². The van der Waals surface area contributed by atoms with Gasteiger partial charge in [-0.15, -0.1) is 0 Å². The number of aliphatic hydroxyl groups is 2. The zero-order chi connectivity index (χ0) is 14.8. The van der Waals surface area contributed by atoms with Crippen LogP contribution in [-0.4, -0.2) is 22.4 Å². The minimum atomic E-state index is -0.272. The van der Waals surface area contributed by atoms with Crippen LogP contribution in [0.25, 0.3) is 0 Å². The van der Waals surface area contributed by atoms with Crippen molar-refractivity contribution in [2.24, 2.45) is 28.6 Å². The molecule has 0 aromatic rings. The van der Waals surface area contributed by atoms with Gasteiger partial charge in [-0.25, -0.2) is 0 Å². The van der Waals surface area contributed by atoms with E-state index in [4.69, 9.17) is 0 Å². The van der Waals surface area contributed by atoms with Gasteiger partial charge in [0.25, 0.3) is 0 Å². The minimum Gasteiger partial charge on any atom is -0.393 e. The Morgan fingerprint density at radius 3 is 2.62 bits per heavy atom. The fourth-order valence-corrected chi connectivity index (χ4v) is 6.62. The van der Waals surface area contributed by atoms with Crippen LogP contribution in [0.1, 0.15) is 65.2 Å². The highest BCUT2D eigenvalue weighted by Crippen LogP contribution is 2.64. The second kappa shape index (κ2) is 4.58. The maximum Gasteiger partial charge on any atom is 0.0757 e. The van der Waals surface area contributed by atoms with Crippen LogP contribution in [0.4, 0.5) is 0 Å². The Labute approximate surface area is 128 Å². The molecule has 2 unspecified atom stereocenters. The molecule has 4 aliphatic rings. The average molecular weight is 290 g/mol. The third-order valence-electron chi connectivity index (χ3n) is 7.88. The van der Waals surface area contributed by atoms with E-state index >= 15 is 0 Å². The highest BCUT2D eigenvalue weighted by Gasteiger charge is 2.58. The normalized spacial score (nSPS) is 56.2. The summed E-state index contributed by atoms with van der Waals surface area (Å²) in [4.78, 5) is 0. The Bertz CT molecular complexity index is 470. The lowest BCUT2D eigenvalue weighted by atomic mass is 9.47. The van der Waals surface area contributed by atoms with E-state index in [2.05, 4.69) is 19.9 Å². The van der Waals surface area contributed by atoms with Crippen LogP contribution in [0.15, 0.2) is 11.6 Å². The molecule has 3 fully saturated rings. The quantitative estimate of drug-likeness (QED) is 0.668. The molecular formula is C19H30O2. The van der Waals surface area contributed by atoms with Crippen LogP contribution in [0.2, 0.25) is 0 Å². The molecule has 0 amide bonds. The standard InChI is InChI=1S/C19H30O2/c1-18-7-3-4-14(18)17-15(6-8-18)19(2)9-5-13(20)10-12(19)11-16(17)21/h11,13-17,20-21H,3-10H2,1-2H3/t13?,14-,15-,16?,17-,18-,19-/m0/s1. The first-order chi connectivity index (χ1) is 9.94. The molecule has 0 bridgehead atoms. The molecule has 118 valence electrons. The molecule has 0 aliphatic heterocycles. The van der Waals surface area contributed by atoms with E-state index in [1.165, 1.54) is 37.7 Å². The van der Waals surface area contributed by atoms with Gasteiger partial charge in [0.1, 0.15) is 0 Å². The first kappa shape index (κ1) is 14.3. The van der Waals surface area contributed by atoms with Gasteiger partial charge < -0.3 is 10.2 Å². The Morgan fingerprint density at radius 2 is 1.81 bits per heavy atom. The Morgan fingerprint density at radius 1 is 1.00 bits per heavy atom. The average Bonchev–Trinajstić information content (AvgIpc) is 2.82. The van der Waals surface area contributed by atoms with Gasteiger partial charge in [0, 0.05) is 0 Å². The number of rotatable bonds is 0. The molecule has 3 saturated carbocycles. The number of hydrogen-bond acceptors (Lipinski definition) is 2. The summed E-state index contributed by atoms with van der Waals surface area (Å²) < 4.78 is 0. The molecule has 7 atom stereocenters. The molecule has 2 N–H and O–H groups in total. The SMILES string of the molecule is C[C@@]12CCC[C@H]1[C@@H]1C(O)C=C3CC(O)CC[C@]3(C)[C@H]1CC2. The maximum atomic E-state index is 10.8. The lowest BCUT2D eigenvalue weighted by Crippen LogP contribution is -2.53. The smallest absolute Gasteiger partial charge is 0.0757 e. The van der Waals surface area contributed by atoms with Gasteiger partial charge >= 0.3 is 0 Å². The maximum absolute atomic E-state index is 10.8. The van der Waals surface area contributed by atoms with Gasteiger partial charge in [-0.3, -0.25) is 0 Å². The summed E-state index contributed by atoms with van der Waals surface area (Å²) in [5, 5.41) is 20.9. The highest BCUT2D eigenvalue weighted by molar-refractivity contribution is 5.27. The van der Waals surface area contributed by atoms with E-state index in [9.17, 15) is 10.2 Å². The molecule has 0 saturated heterocycles. The van der Waals surface area contributed by atoms with Crippen LogP contribution in [0.3, 0.4) is 0 Å². The largest absolute Gasteiger partial charge is 0.393 e. The van der Waals surface area contributed by atoms with Crippen LogP contribution in [-0.2, 0) is 0 Å². The predicted molar refractivity (Wildman–Crippen MR) is 83.7 cm³/mol.